The Hall–Kier alpha value is -6.28. The molecule has 0 spiro atoms. The SMILES string of the molecule is O=C(Nc1ccc(Nc2ccccc2)cc1)c1ccnc(-c2cc(C(=O)Nc3ccc(Nc4ccccc4)cc3)ccn2)c1. The first-order valence-corrected chi connectivity index (χ1v) is 14.0. The van der Waals surface area contributed by atoms with Crippen LogP contribution in [0.5, 0.6) is 0 Å². The second-order valence-corrected chi connectivity index (χ2v) is 9.90. The Morgan fingerprint density at radius 3 is 1.14 bits per heavy atom. The second-order valence-electron chi connectivity index (χ2n) is 9.90. The molecule has 0 atom stereocenters. The van der Waals surface area contributed by atoms with Crippen molar-refractivity contribution in [3.8, 4) is 11.4 Å². The van der Waals surface area contributed by atoms with E-state index in [1.807, 2.05) is 109 Å². The fourth-order valence-electron chi connectivity index (χ4n) is 4.48. The van der Waals surface area contributed by atoms with E-state index in [1.165, 1.54) is 0 Å². The van der Waals surface area contributed by atoms with Crippen molar-refractivity contribution in [1.29, 1.82) is 0 Å². The lowest BCUT2D eigenvalue weighted by molar-refractivity contribution is 0.101. The second kappa shape index (κ2) is 13.1. The number of aromatic nitrogens is 2. The molecular weight excluding hydrogens is 548 g/mol. The molecule has 8 nitrogen and oxygen atoms in total. The van der Waals surface area contributed by atoms with Crippen molar-refractivity contribution in [3.05, 3.63) is 157 Å². The number of hydrogen-bond donors (Lipinski definition) is 4. The van der Waals surface area contributed by atoms with E-state index >= 15 is 0 Å². The zero-order chi connectivity index (χ0) is 30.1. The minimum atomic E-state index is -0.281. The van der Waals surface area contributed by atoms with Gasteiger partial charge in [-0.3, -0.25) is 19.6 Å². The molecule has 6 rings (SSSR count). The maximum absolute atomic E-state index is 13.0. The molecule has 0 bridgehead atoms. The summed E-state index contributed by atoms with van der Waals surface area (Å²) in [5, 5.41) is 12.5. The van der Waals surface area contributed by atoms with E-state index in [2.05, 4.69) is 31.2 Å². The molecule has 4 aromatic carbocycles. The summed E-state index contributed by atoms with van der Waals surface area (Å²) in [6.45, 7) is 0. The van der Waals surface area contributed by atoms with Crippen molar-refractivity contribution >= 4 is 45.9 Å². The van der Waals surface area contributed by atoms with Gasteiger partial charge in [0.2, 0.25) is 0 Å². The first-order chi connectivity index (χ1) is 21.6. The Bertz CT molecular complexity index is 1740. The van der Waals surface area contributed by atoms with Gasteiger partial charge in [-0.1, -0.05) is 36.4 Å². The molecule has 2 aromatic heterocycles. The van der Waals surface area contributed by atoms with E-state index in [0.29, 0.717) is 33.9 Å². The highest BCUT2D eigenvalue weighted by atomic mass is 16.2. The fourth-order valence-corrected chi connectivity index (χ4v) is 4.48. The molecule has 0 fully saturated rings. The number of nitrogens with one attached hydrogen (secondary N) is 4. The minimum absolute atomic E-state index is 0.281. The number of rotatable bonds is 9. The Balaban J connectivity index is 1.09. The number of hydrogen-bond acceptors (Lipinski definition) is 6. The highest BCUT2D eigenvalue weighted by Crippen LogP contribution is 2.22. The van der Waals surface area contributed by atoms with Gasteiger partial charge >= 0.3 is 0 Å². The maximum atomic E-state index is 13.0. The topological polar surface area (TPSA) is 108 Å². The molecule has 214 valence electrons. The van der Waals surface area contributed by atoms with Crippen LogP contribution in [0.3, 0.4) is 0 Å². The van der Waals surface area contributed by atoms with Crippen LogP contribution in [0.2, 0.25) is 0 Å². The number of amides is 2. The molecule has 0 unspecified atom stereocenters. The van der Waals surface area contributed by atoms with E-state index in [1.54, 1.807) is 36.7 Å². The smallest absolute Gasteiger partial charge is 0.255 e. The van der Waals surface area contributed by atoms with E-state index < -0.39 is 0 Å². The first kappa shape index (κ1) is 27.9. The molecule has 6 aromatic rings. The number of benzene rings is 4. The maximum Gasteiger partial charge on any atom is 0.255 e. The zero-order valence-electron chi connectivity index (χ0n) is 23.6. The summed E-state index contributed by atoms with van der Waals surface area (Å²) in [5.41, 5.74) is 6.89. The number of carbonyl (C=O) groups is 2. The van der Waals surface area contributed by atoms with Crippen molar-refractivity contribution in [2.75, 3.05) is 21.3 Å². The summed E-state index contributed by atoms with van der Waals surface area (Å²) >= 11 is 0. The van der Waals surface area contributed by atoms with Crippen LogP contribution in [-0.4, -0.2) is 21.8 Å². The molecule has 2 amide bonds. The third-order valence-corrected chi connectivity index (χ3v) is 6.72. The lowest BCUT2D eigenvalue weighted by Crippen LogP contribution is -2.13. The zero-order valence-corrected chi connectivity index (χ0v) is 23.6. The van der Waals surface area contributed by atoms with Crippen LogP contribution >= 0.6 is 0 Å². The lowest BCUT2D eigenvalue weighted by Gasteiger charge is -2.10. The van der Waals surface area contributed by atoms with Gasteiger partial charge in [-0.25, -0.2) is 0 Å². The van der Waals surface area contributed by atoms with Crippen molar-refractivity contribution in [3.63, 3.8) is 0 Å². The standard InChI is InChI=1S/C36H28N6O2/c43-35(41-31-15-11-29(12-16-31)39-27-7-3-1-4-8-27)25-19-21-37-33(23-25)34-24-26(20-22-38-34)36(44)42-32-17-13-30(14-18-32)40-28-9-5-2-6-10-28/h1-24,39-40H,(H,41,43)(H,42,44). The average molecular weight is 577 g/mol. The predicted molar refractivity (Wildman–Crippen MR) is 176 cm³/mol. The normalized spacial score (nSPS) is 10.5. The van der Waals surface area contributed by atoms with E-state index in [-0.39, 0.29) is 11.8 Å². The van der Waals surface area contributed by atoms with Crippen LogP contribution < -0.4 is 21.3 Å². The lowest BCUT2D eigenvalue weighted by atomic mass is 10.1. The fraction of sp³-hybridized carbons (Fsp3) is 0. The molecule has 0 aliphatic rings. The van der Waals surface area contributed by atoms with Gasteiger partial charge in [-0.05, 0) is 97.1 Å². The molecular formula is C36H28N6O2. The van der Waals surface area contributed by atoms with Gasteiger partial charge in [0, 0.05) is 57.6 Å². The number of para-hydroxylation sites is 2. The number of carbonyl (C=O) groups excluding carboxylic acids is 2. The summed E-state index contributed by atoms with van der Waals surface area (Å²) in [6.07, 6.45) is 3.10. The molecule has 8 heteroatoms. The van der Waals surface area contributed by atoms with E-state index in [4.69, 9.17) is 0 Å². The average Bonchev–Trinajstić information content (AvgIpc) is 3.07. The quantitative estimate of drug-likeness (QED) is 0.138. The number of pyridine rings is 2. The summed E-state index contributed by atoms with van der Waals surface area (Å²) in [6, 6.07) is 41.2. The molecule has 0 saturated heterocycles. The van der Waals surface area contributed by atoms with Gasteiger partial charge < -0.3 is 21.3 Å². The first-order valence-electron chi connectivity index (χ1n) is 14.0. The highest BCUT2D eigenvalue weighted by Gasteiger charge is 2.13. The van der Waals surface area contributed by atoms with Gasteiger partial charge in [0.05, 0.1) is 11.4 Å². The Labute approximate surface area is 254 Å². The summed E-state index contributed by atoms with van der Waals surface area (Å²) in [5.74, 6) is -0.562. The monoisotopic (exact) mass is 576 g/mol. The van der Waals surface area contributed by atoms with Crippen LogP contribution in [0.25, 0.3) is 11.4 Å². The summed E-state index contributed by atoms with van der Waals surface area (Å²) < 4.78 is 0. The van der Waals surface area contributed by atoms with E-state index in [9.17, 15) is 9.59 Å². The van der Waals surface area contributed by atoms with E-state index in [0.717, 1.165) is 22.7 Å². The van der Waals surface area contributed by atoms with Crippen LogP contribution in [0.4, 0.5) is 34.1 Å². The third-order valence-electron chi connectivity index (χ3n) is 6.72. The highest BCUT2D eigenvalue weighted by molar-refractivity contribution is 6.06. The van der Waals surface area contributed by atoms with Crippen LogP contribution in [0.1, 0.15) is 20.7 Å². The van der Waals surface area contributed by atoms with Crippen molar-refractivity contribution in [2.45, 2.75) is 0 Å². The van der Waals surface area contributed by atoms with Gasteiger partial charge in [-0.2, -0.15) is 0 Å². The summed E-state index contributed by atoms with van der Waals surface area (Å²) in [4.78, 5) is 34.8. The van der Waals surface area contributed by atoms with Crippen LogP contribution in [0.15, 0.2) is 146 Å². The number of anilines is 6. The molecule has 0 aliphatic carbocycles. The van der Waals surface area contributed by atoms with Gasteiger partial charge in [-0.15, -0.1) is 0 Å². The molecule has 2 heterocycles. The van der Waals surface area contributed by atoms with Gasteiger partial charge in [0.25, 0.3) is 11.8 Å². The van der Waals surface area contributed by atoms with Crippen molar-refractivity contribution in [1.82, 2.24) is 9.97 Å². The summed E-state index contributed by atoms with van der Waals surface area (Å²) in [7, 11) is 0. The molecule has 0 aliphatic heterocycles. The van der Waals surface area contributed by atoms with Crippen molar-refractivity contribution in [2.24, 2.45) is 0 Å². The molecule has 4 N–H and O–H groups in total. The van der Waals surface area contributed by atoms with Crippen molar-refractivity contribution < 1.29 is 9.59 Å². The largest absolute Gasteiger partial charge is 0.356 e. The molecule has 0 radical (unpaired) electrons. The molecule has 0 saturated carbocycles. The predicted octanol–water partition coefficient (Wildman–Crippen LogP) is 8.14. The van der Waals surface area contributed by atoms with Gasteiger partial charge in [0.15, 0.2) is 0 Å². The molecule has 44 heavy (non-hydrogen) atoms. The number of nitrogens with zero attached hydrogens (tertiary/aromatic N) is 2. The van der Waals surface area contributed by atoms with Crippen LogP contribution in [-0.2, 0) is 0 Å². The Morgan fingerprint density at radius 2 is 0.750 bits per heavy atom. The Kier molecular flexibility index (Phi) is 8.32. The van der Waals surface area contributed by atoms with Gasteiger partial charge in [0.1, 0.15) is 0 Å². The Morgan fingerprint density at radius 1 is 0.409 bits per heavy atom. The van der Waals surface area contributed by atoms with Crippen LogP contribution in [0, 0.1) is 0 Å². The minimum Gasteiger partial charge on any atom is -0.356 e. The third kappa shape index (κ3) is 7.13.